The van der Waals surface area contributed by atoms with Gasteiger partial charge in [0, 0.05) is 11.4 Å². The van der Waals surface area contributed by atoms with Crippen molar-refractivity contribution in [2.75, 3.05) is 19.4 Å². The highest BCUT2D eigenvalue weighted by Crippen LogP contribution is 2.18. The molecule has 110 valence electrons. The summed E-state index contributed by atoms with van der Waals surface area (Å²) in [6, 6.07) is 17.8. The molecule has 0 aromatic heterocycles. The second-order valence-corrected chi connectivity index (χ2v) is 5.56. The first-order chi connectivity index (χ1) is 10.3. The van der Waals surface area contributed by atoms with E-state index >= 15 is 0 Å². The number of hydrogen-bond donors (Lipinski definition) is 1. The van der Waals surface area contributed by atoms with Crippen molar-refractivity contribution in [2.24, 2.45) is 0 Å². The van der Waals surface area contributed by atoms with Crippen molar-refractivity contribution >= 4 is 17.7 Å². The van der Waals surface area contributed by atoms with Gasteiger partial charge in [-0.15, -0.1) is 11.8 Å². The number of methoxy groups -OCH3 is 1. The molecule has 0 spiro atoms. The van der Waals surface area contributed by atoms with Crippen LogP contribution in [0.1, 0.15) is 5.56 Å². The van der Waals surface area contributed by atoms with Crippen LogP contribution in [0.15, 0.2) is 59.5 Å². The van der Waals surface area contributed by atoms with Crippen LogP contribution in [0.3, 0.4) is 0 Å². The van der Waals surface area contributed by atoms with Gasteiger partial charge in [-0.2, -0.15) is 0 Å². The van der Waals surface area contributed by atoms with E-state index in [4.69, 9.17) is 4.74 Å². The van der Waals surface area contributed by atoms with Gasteiger partial charge in [-0.05, 0) is 30.2 Å². The Labute approximate surface area is 129 Å². The minimum atomic E-state index is 0.0544. The van der Waals surface area contributed by atoms with E-state index in [1.807, 2.05) is 54.6 Å². The molecule has 4 heteroatoms. The second-order valence-electron chi connectivity index (χ2n) is 4.51. The molecule has 2 aromatic carbocycles. The Morgan fingerprint density at radius 1 is 1.10 bits per heavy atom. The zero-order valence-electron chi connectivity index (χ0n) is 12.0. The molecule has 0 heterocycles. The van der Waals surface area contributed by atoms with E-state index in [1.54, 1.807) is 18.9 Å². The summed E-state index contributed by atoms with van der Waals surface area (Å²) in [4.78, 5) is 12.9. The maximum atomic E-state index is 11.8. The van der Waals surface area contributed by atoms with Gasteiger partial charge >= 0.3 is 0 Å². The summed E-state index contributed by atoms with van der Waals surface area (Å²) in [7, 11) is 1.66. The van der Waals surface area contributed by atoms with E-state index in [-0.39, 0.29) is 5.91 Å². The number of thioether (sulfide) groups is 1. The normalized spacial score (nSPS) is 10.1. The Hall–Kier alpha value is -1.94. The zero-order chi connectivity index (χ0) is 14.9. The fraction of sp³-hybridized carbons (Fsp3) is 0.235. The van der Waals surface area contributed by atoms with E-state index < -0.39 is 0 Å². The van der Waals surface area contributed by atoms with Gasteiger partial charge in [-0.3, -0.25) is 4.79 Å². The number of benzene rings is 2. The lowest BCUT2D eigenvalue weighted by molar-refractivity contribution is -0.118. The molecule has 0 bridgehead atoms. The maximum absolute atomic E-state index is 11.8. The lowest BCUT2D eigenvalue weighted by Crippen LogP contribution is -2.27. The molecule has 1 amide bonds. The standard InChI is InChI=1S/C17H19NO2S/c1-20-16-10-6-5-7-14(16)11-12-18-17(19)13-21-15-8-3-2-4-9-15/h2-10H,11-13H2,1H3,(H,18,19). The number of hydrogen-bond acceptors (Lipinski definition) is 3. The summed E-state index contributed by atoms with van der Waals surface area (Å²) in [6.45, 7) is 0.620. The third-order valence-electron chi connectivity index (χ3n) is 3.02. The van der Waals surface area contributed by atoms with E-state index in [1.165, 1.54) is 0 Å². The maximum Gasteiger partial charge on any atom is 0.230 e. The second kappa shape index (κ2) is 8.37. The van der Waals surface area contributed by atoms with E-state index in [0.717, 1.165) is 22.6 Å². The largest absolute Gasteiger partial charge is 0.496 e. The van der Waals surface area contributed by atoms with E-state index in [0.29, 0.717) is 12.3 Å². The molecule has 0 radical (unpaired) electrons. The highest BCUT2D eigenvalue weighted by atomic mass is 32.2. The number of carbonyl (C=O) groups is 1. The van der Waals surface area contributed by atoms with Gasteiger partial charge in [0.25, 0.3) is 0 Å². The summed E-state index contributed by atoms with van der Waals surface area (Å²) in [6.07, 6.45) is 0.770. The summed E-state index contributed by atoms with van der Waals surface area (Å²) < 4.78 is 5.29. The summed E-state index contributed by atoms with van der Waals surface area (Å²) in [5.41, 5.74) is 1.11. The van der Waals surface area contributed by atoms with Crippen LogP contribution in [0.5, 0.6) is 5.75 Å². The van der Waals surface area contributed by atoms with Crippen molar-refractivity contribution in [2.45, 2.75) is 11.3 Å². The van der Waals surface area contributed by atoms with Crippen molar-refractivity contribution in [3.8, 4) is 5.75 Å². The van der Waals surface area contributed by atoms with Crippen molar-refractivity contribution in [3.63, 3.8) is 0 Å². The molecule has 0 aliphatic heterocycles. The molecule has 0 aliphatic rings. The third-order valence-corrected chi connectivity index (χ3v) is 4.03. The molecule has 21 heavy (non-hydrogen) atoms. The topological polar surface area (TPSA) is 38.3 Å². The van der Waals surface area contributed by atoms with Crippen molar-refractivity contribution in [3.05, 3.63) is 60.2 Å². The first-order valence-electron chi connectivity index (χ1n) is 6.86. The molecule has 0 saturated heterocycles. The molecule has 0 unspecified atom stereocenters. The van der Waals surface area contributed by atoms with Gasteiger partial charge in [0.15, 0.2) is 0 Å². The van der Waals surface area contributed by atoms with Gasteiger partial charge in [-0.25, -0.2) is 0 Å². The Morgan fingerprint density at radius 3 is 2.57 bits per heavy atom. The smallest absolute Gasteiger partial charge is 0.230 e. The summed E-state index contributed by atoms with van der Waals surface area (Å²) in [5.74, 6) is 1.36. The first-order valence-corrected chi connectivity index (χ1v) is 7.84. The van der Waals surface area contributed by atoms with Gasteiger partial charge in [0.05, 0.1) is 12.9 Å². The Balaban J connectivity index is 1.72. The lowest BCUT2D eigenvalue weighted by Gasteiger charge is -2.09. The average Bonchev–Trinajstić information content (AvgIpc) is 2.54. The molecule has 0 fully saturated rings. The zero-order valence-corrected chi connectivity index (χ0v) is 12.9. The summed E-state index contributed by atoms with van der Waals surface area (Å²) in [5, 5.41) is 2.94. The molecular formula is C17H19NO2S. The Morgan fingerprint density at radius 2 is 1.81 bits per heavy atom. The molecule has 3 nitrogen and oxygen atoms in total. The molecule has 0 aliphatic carbocycles. The predicted molar refractivity (Wildman–Crippen MR) is 86.9 cm³/mol. The minimum Gasteiger partial charge on any atom is -0.496 e. The van der Waals surface area contributed by atoms with Crippen molar-refractivity contribution < 1.29 is 9.53 Å². The number of ether oxygens (including phenoxy) is 1. The highest BCUT2D eigenvalue weighted by Gasteiger charge is 2.04. The fourth-order valence-corrected chi connectivity index (χ4v) is 2.71. The van der Waals surface area contributed by atoms with Crippen LogP contribution >= 0.6 is 11.8 Å². The van der Waals surface area contributed by atoms with Crippen molar-refractivity contribution in [1.29, 1.82) is 0 Å². The minimum absolute atomic E-state index is 0.0544. The Bertz CT molecular complexity index is 572. The summed E-state index contributed by atoms with van der Waals surface area (Å²) >= 11 is 1.55. The van der Waals surface area contributed by atoms with Crippen LogP contribution in [0, 0.1) is 0 Å². The fourth-order valence-electron chi connectivity index (χ4n) is 1.96. The molecular weight excluding hydrogens is 282 g/mol. The predicted octanol–water partition coefficient (Wildman–Crippen LogP) is 3.15. The average molecular weight is 301 g/mol. The van der Waals surface area contributed by atoms with Gasteiger partial charge in [-0.1, -0.05) is 36.4 Å². The molecule has 0 saturated carbocycles. The first kappa shape index (κ1) is 15.4. The number of nitrogens with one attached hydrogen (secondary N) is 1. The molecule has 2 rings (SSSR count). The van der Waals surface area contributed by atoms with Gasteiger partial charge in [0.2, 0.25) is 5.91 Å². The van der Waals surface area contributed by atoms with Crippen molar-refractivity contribution in [1.82, 2.24) is 5.32 Å². The van der Waals surface area contributed by atoms with E-state index in [2.05, 4.69) is 5.32 Å². The number of rotatable bonds is 7. The van der Waals surface area contributed by atoms with Crippen LogP contribution in [0.4, 0.5) is 0 Å². The third kappa shape index (κ3) is 5.16. The quantitative estimate of drug-likeness (QED) is 0.798. The Kier molecular flexibility index (Phi) is 6.16. The van der Waals surface area contributed by atoms with Crippen LogP contribution < -0.4 is 10.1 Å². The lowest BCUT2D eigenvalue weighted by atomic mass is 10.1. The number of para-hydroxylation sites is 1. The van der Waals surface area contributed by atoms with Gasteiger partial charge < -0.3 is 10.1 Å². The highest BCUT2D eigenvalue weighted by molar-refractivity contribution is 8.00. The molecule has 1 N–H and O–H groups in total. The monoisotopic (exact) mass is 301 g/mol. The number of carbonyl (C=O) groups excluding carboxylic acids is 1. The van der Waals surface area contributed by atoms with E-state index in [9.17, 15) is 4.79 Å². The molecule has 2 aromatic rings. The van der Waals surface area contributed by atoms with Gasteiger partial charge in [0.1, 0.15) is 5.75 Å². The number of amides is 1. The molecule has 0 atom stereocenters. The van der Waals surface area contributed by atoms with Crippen LogP contribution in [-0.2, 0) is 11.2 Å². The van der Waals surface area contributed by atoms with Crippen LogP contribution in [-0.4, -0.2) is 25.3 Å². The van der Waals surface area contributed by atoms with Crippen LogP contribution in [0.2, 0.25) is 0 Å². The van der Waals surface area contributed by atoms with Crippen LogP contribution in [0.25, 0.3) is 0 Å². The SMILES string of the molecule is COc1ccccc1CCNC(=O)CSc1ccccc1.